The van der Waals surface area contributed by atoms with Crippen LogP contribution >= 0.6 is 0 Å². The number of para-hydroxylation sites is 1. The molecule has 12 heteroatoms. The van der Waals surface area contributed by atoms with Crippen LogP contribution in [0.3, 0.4) is 0 Å². The molecular weight excluding hydrogens is 605 g/mol. The zero-order chi connectivity index (χ0) is 30.7. The molecule has 3 heterocycles. The van der Waals surface area contributed by atoms with Gasteiger partial charge in [-0.25, -0.2) is 0 Å². The summed E-state index contributed by atoms with van der Waals surface area (Å²) in [4.78, 5) is 18.2. The molecule has 4 aromatic rings. The molecule has 0 unspecified atom stereocenters. The Morgan fingerprint density at radius 3 is 1.79 bits per heavy atom. The second-order valence-corrected chi connectivity index (χ2v) is 17.5. The Kier molecular flexibility index (Phi) is 7.12. The summed E-state index contributed by atoms with van der Waals surface area (Å²) in [6.45, 7) is 6.27. The van der Waals surface area contributed by atoms with Crippen molar-refractivity contribution in [3.05, 3.63) is 101 Å². The minimum absolute atomic E-state index is 0.0753. The molecule has 9 nitrogen and oxygen atoms in total. The van der Waals surface area contributed by atoms with Crippen molar-refractivity contribution in [1.82, 2.24) is 0 Å². The smallest absolute Gasteiger partial charge is 0.341 e. The number of anilines is 4. The van der Waals surface area contributed by atoms with Crippen LogP contribution in [-0.4, -0.2) is 52.5 Å². The van der Waals surface area contributed by atoms with Crippen molar-refractivity contribution >= 4 is 67.7 Å². The van der Waals surface area contributed by atoms with Gasteiger partial charge < -0.3 is 9.80 Å². The number of ketones is 1. The molecule has 0 spiro atoms. The van der Waals surface area contributed by atoms with E-state index >= 15 is 0 Å². The fraction of sp³-hybridized carbons (Fsp3) is 0.194. The Morgan fingerprint density at radius 2 is 1.23 bits per heavy atom. The van der Waals surface area contributed by atoms with Crippen molar-refractivity contribution in [2.24, 2.45) is 0 Å². The van der Waals surface area contributed by atoms with Gasteiger partial charge in [-0.05, 0) is 95.0 Å². The molecule has 220 valence electrons. The van der Waals surface area contributed by atoms with E-state index in [-0.39, 0.29) is 10.7 Å². The summed E-state index contributed by atoms with van der Waals surface area (Å²) in [6.07, 6.45) is 1.70. The normalized spacial score (nSPS) is 16.0. The Labute approximate surface area is 252 Å². The molecule has 1 N–H and O–H groups in total. The second-order valence-electron chi connectivity index (χ2n) is 11.3. The number of rotatable bonds is 3. The van der Waals surface area contributed by atoms with Crippen molar-refractivity contribution in [1.29, 1.82) is 0 Å². The maximum atomic E-state index is 13.7. The predicted octanol–water partition coefficient (Wildman–Crippen LogP) is 3.68. The van der Waals surface area contributed by atoms with Gasteiger partial charge in [0.1, 0.15) is 8.07 Å². The van der Waals surface area contributed by atoms with Crippen molar-refractivity contribution < 1.29 is 30.4 Å². The van der Waals surface area contributed by atoms with Crippen LogP contribution in [0.2, 0.25) is 13.1 Å². The molecule has 0 bridgehead atoms. The van der Waals surface area contributed by atoms with Gasteiger partial charge in [0.15, 0.2) is 5.78 Å². The SMILES string of the molecule is C[Si]1(C)c2cc(N3CCc4ccccc43)ccc2C(=O)c2ccc(N3CCc4cc(S(=O)(=O)O)ccc43)cc21.O=S(=O)=O. The number of nitrogens with zero attached hydrogens (tertiary/aromatic N) is 2. The molecule has 7 rings (SSSR count). The van der Waals surface area contributed by atoms with E-state index in [0.717, 1.165) is 51.9 Å². The van der Waals surface area contributed by atoms with Crippen LogP contribution in [0.1, 0.15) is 27.0 Å². The van der Waals surface area contributed by atoms with Crippen molar-refractivity contribution in [2.45, 2.75) is 30.8 Å². The van der Waals surface area contributed by atoms with E-state index in [4.69, 9.17) is 12.6 Å². The Balaban J connectivity index is 0.000000777. The fourth-order valence-corrected chi connectivity index (χ4v) is 10.1. The van der Waals surface area contributed by atoms with Gasteiger partial charge in [0, 0.05) is 47.0 Å². The molecule has 0 atom stereocenters. The van der Waals surface area contributed by atoms with Gasteiger partial charge in [-0.15, -0.1) is 12.6 Å². The first-order chi connectivity index (χ1) is 20.4. The number of carbonyl (C=O) groups is 1. The summed E-state index contributed by atoms with van der Waals surface area (Å²) in [6, 6.07) is 25.8. The molecule has 0 saturated heterocycles. The largest absolute Gasteiger partial charge is 0.425 e. The number of benzene rings is 4. The Bertz CT molecular complexity index is 2040. The summed E-state index contributed by atoms with van der Waals surface area (Å²) >= 11 is 0. The number of hydrogen-bond donors (Lipinski definition) is 1. The molecule has 0 aliphatic carbocycles. The van der Waals surface area contributed by atoms with Gasteiger partial charge in [-0.2, -0.15) is 8.42 Å². The highest BCUT2D eigenvalue weighted by atomic mass is 32.2. The molecular formula is C31H28N2O7S2Si. The fourth-order valence-electron chi connectivity index (χ4n) is 6.53. The van der Waals surface area contributed by atoms with Crippen LogP contribution < -0.4 is 20.2 Å². The van der Waals surface area contributed by atoms with E-state index in [1.807, 2.05) is 18.2 Å². The highest BCUT2D eigenvalue weighted by molar-refractivity contribution is 7.85. The standard InChI is InChI=1S/C31H28N2O4SSi.O3S/c1-39(2)29-18-22(32-15-13-20-5-3-4-6-27(20)32)7-10-25(29)31(34)26-11-8-23(19-30(26)39)33-16-14-21-17-24(38(35,36)37)9-12-28(21)33;1-4(2)3/h3-12,17-19H,13-16H2,1-2H3,(H,35,36,37);. The summed E-state index contributed by atoms with van der Waals surface area (Å²) in [5.41, 5.74) is 8.13. The first kappa shape index (κ1) is 29.0. The summed E-state index contributed by atoms with van der Waals surface area (Å²) in [5, 5.41) is 2.29. The molecule has 4 aromatic carbocycles. The van der Waals surface area contributed by atoms with Gasteiger partial charge in [0.25, 0.3) is 10.1 Å². The van der Waals surface area contributed by atoms with Crippen molar-refractivity contribution in [3.8, 4) is 0 Å². The molecule has 3 aliphatic heterocycles. The summed E-state index contributed by atoms with van der Waals surface area (Å²) in [5.74, 6) is 0.0753. The third kappa shape index (κ3) is 5.10. The third-order valence-corrected chi connectivity index (χ3v) is 13.0. The highest BCUT2D eigenvalue weighted by Gasteiger charge is 2.40. The van der Waals surface area contributed by atoms with E-state index in [9.17, 15) is 17.8 Å². The first-order valence-electron chi connectivity index (χ1n) is 13.7. The lowest BCUT2D eigenvalue weighted by molar-refractivity contribution is 0.104. The monoisotopic (exact) mass is 632 g/mol. The highest BCUT2D eigenvalue weighted by Crippen LogP contribution is 2.38. The number of carbonyl (C=O) groups excluding carboxylic acids is 1. The zero-order valence-electron chi connectivity index (χ0n) is 23.4. The van der Waals surface area contributed by atoms with Crippen LogP contribution in [0.25, 0.3) is 0 Å². The maximum absolute atomic E-state index is 13.7. The number of fused-ring (bicyclic) bond motifs is 4. The predicted molar refractivity (Wildman–Crippen MR) is 167 cm³/mol. The summed E-state index contributed by atoms with van der Waals surface area (Å²) in [7, 11) is -9.60. The third-order valence-electron chi connectivity index (χ3n) is 8.60. The Morgan fingerprint density at radius 1 is 0.721 bits per heavy atom. The lowest BCUT2D eigenvalue weighted by Crippen LogP contribution is -2.60. The zero-order valence-corrected chi connectivity index (χ0v) is 26.1. The quantitative estimate of drug-likeness (QED) is 0.266. The molecule has 0 fully saturated rings. The Hall–Kier alpha value is -4.10. The van der Waals surface area contributed by atoms with E-state index < -0.39 is 28.8 Å². The second kappa shape index (κ2) is 10.6. The van der Waals surface area contributed by atoms with E-state index in [1.165, 1.54) is 22.5 Å². The molecule has 0 aromatic heterocycles. The van der Waals surface area contributed by atoms with Crippen LogP contribution in [0.4, 0.5) is 22.7 Å². The lowest BCUT2D eigenvalue weighted by Gasteiger charge is -2.35. The molecule has 43 heavy (non-hydrogen) atoms. The van der Waals surface area contributed by atoms with Crippen molar-refractivity contribution in [3.63, 3.8) is 0 Å². The van der Waals surface area contributed by atoms with E-state index in [0.29, 0.717) is 13.0 Å². The molecule has 0 saturated carbocycles. The maximum Gasteiger partial charge on any atom is 0.425 e. The molecule has 3 aliphatic rings. The molecule has 0 amide bonds. The van der Waals surface area contributed by atoms with Gasteiger partial charge in [-0.1, -0.05) is 31.3 Å². The van der Waals surface area contributed by atoms with Gasteiger partial charge in [0.05, 0.1) is 4.90 Å². The average Bonchev–Trinajstić information content (AvgIpc) is 3.59. The van der Waals surface area contributed by atoms with Crippen LogP contribution in [0, 0.1) is 0 Å². The topological polar surface area (TPSA) is 129 Å². The summed E-state index contributed by atoms with van der Waals surface area (Å²) < 4.78 is 58.1. The van der Waals surface area contributed by atoms with E-state index in [1.54, 1.807) is 12.1 Å². The van der Waals surface area contributed by atoms with Crippen LogP contribution in [0.5, 0.6) is 0 Å². The minimum Gasteiger partial charge on any atom is -0.341 e. The lowest BCUT2D eigenvalue weighted by atomic mass is 10.0. The van der Waals surface area contributed by atoms with Gasteiger partial charge in [-0.3, -0.25) is 9.35 Å². The number of hydrogen-bond acceptors (Lipinski definition) is 8. The van der Waals surface area contributed by atoms with Crippen LogP contribution in [0.15, 0.2) is 83.8 Å². The van der Waals surface area contributed by atoms with Gasteiger partial charge >= 0.3 is 10.6 Å². The molecule has 0 radical (unpaired) electrons. The average molecular weight is 633 g/mol. The first-order valence-corrected chi connectivity index (χ1v) is 19.1. The minimum atomic E-state index is -4.25. The van der Waals surface area contributed by atoms with Crippen LogP contribution in [-0.2, 0) is 33.6 Å². The van der Waals surface area contributed by atoms with Crippen molar-refractivity contribution in [2.75, 3.05) is 22.9 Å². The van der Waals surface area contributed by atoms with Gasteiger partial charge in [0.2, 0.25) is 0 Å². The van der Waals surface area contributed by atoms with E-state index in [2.05, 4.69) is 65.4 Å².